The van der Waals surface area contributed by atoms with Gasteiger partial charge in [0.1, 0.15) is 5.82 Å². The zero-order chi connectivity index (χ0) is 20.5. The van der Waals surface area contributed by atoms with Crippen LogP contribution < -0.4 is 4.90 Å². The number of benzene rings is 1. The number of fused-ring (bicyclic) bond motifs is 1. The molecular weight excluding hydrogens is 396 g/mol. The molecule has 1 atom stereocenters. The van der Waals surface area contributed by atoms with E-state index in [-0.39, 0.29) is 6.04 Å². The lowest BCUT2D eigenvalue weighted by Gasteiger charge is -2.22. The normalized spacial score (nSPS) is 19.0. The van der Waals surface area contributed by atoms with E-state index in [2.05, 4.69) is 17.0 Å². The minimum Gasteiger partial charge on any atom is -0.378 e. The maximum Gasteiger partial charge on any atom is 0.188 e. The van der Waals surface area contributed by atoms with Crippen LogP contribution in [-0.4, -0.2) is 40.4 Å². The second kappa shape index (κ2) is 8.40. The first-order chi connectivity index (χ1) is 14.7. The molecule has 0 spiro atoms. The molecule has 1 saturated carbocycles. The maximum atomic E-state index is 13.0. The van der Waals surface area contributed by atoms with Gasteiger partial charge < -0.3 is 9.64 Å². The van der Waals surface area contributed by atoms with Crippen molar-refractivity contribution in [1.82, 2.24) is 15.0 Å². The molecule has 0 bridgehead atoms. The van der Waals surface area contributed by atoms with Crippen molar-refractivity contribution in [3.05, 3.63) is 47.4 Å². The van der Waals surface area contributed by atoms with Crippen LogP contribution in [0.5, 0.6) is 0 Å². The van der Waals surface area contributed by atoms with Gasteiger partial charge in [0, 0.05) is 26.0 Å². The summed E-state index contributed by atoms with van der Waals surface area (Å²) in [6.45, 7) is 1.32. The molecule has 156 valence electrons. The number of rotatable bonds is 8. The summed E-state index contributed by atoms with van der Waals surface area (Å²) < 4.78 is 6.36. The summed E-state index contributed by atoms with van der Waals surface area (Å²) in [7, 11) is 1.69. The second-order valence-electron chi connectivity index (χ2n) is 8.19. The van der Waals surface area contributed by atoms with Crippen molar-refractivity contribution in [2.24, 2.45) is 0 Å². The van der Waals surface area contributed by atoms with E-state index in [0.29, 0.717) is 24.7 Å². The average molecular weight is 423 g/mol. The molecule has 30 heavy (non-hydrogen) atoms. The van der Waals surface area contributed by atoms with Crippen molar-refractivity contribution in [2.45, 2.75) is 57.1 Å². The zero-order valence-corrected chi connectivity index (χ0v) is 18.0. The van der Waals surface area contributed by atoms with Crippen molar-refractivity contribution in [3.63, 3.8) is 0 Å². The van der Waals surface area contributed by atoms with Crippen LogP contribution in [0, 0.1) is 0 Å². The summed E-state index contributed by atoms with van der Waals surface area (Å²) in [6.07, 6.45) is 5.57. The molecule has 5 rings (SSSR count). The molecule has 2 aromatic heterocycles. The number of methoxy groups -OCH3 is 1. The number of carbonyl (C=O) groups excluding carboxylic acids is 1. The van der Waals surface area contributed by atoms with E-state index in [1.165, 1.54) is 5.56 Å². The number of hydrogen-bond donors (Lipinski definition) is 0. The number of ketones is 1. The van der Waals surface area contributed by atoms with E-state index in [1.54, 1.807) is 18.4 Å². The SMILES string of the molecule is COCc1nc(C2CC2)nc2nc(N3CCC[C@@H]3C(=O)CCc3ccccc3)sc12. The number of hydrogen-bond acceptors (Lipinski definition) is 7. The molecule has 0 amide bonds. The Hall–Kier alpha value is -2.38. The lowest BCUT2D eigenvalue weighted by Crippen LogP contribution is -2.36. The molecule has 0 radical (unpaired) electrons. The third-order valence-electron chi connectivity index (χ3n) is 5.93. The van der Waals surface area contributed by atoms with Crippen molar-refractivity contribution in [2.75, 3.05) is 18.6 Å². The van der Waals surface area contributed by atoms with Gasteiger partial charge in [-0.2, -0.15) is 4.98 Å². The van der Waals surface area contributed by atoms with Crippen LogP contribution in [0.1, 0.15) is 55.1 Å². The molecule has 6 nitrogen and oxygen atoms in total. The van der Waals surface area contributed by atoms with Gasteiger partial charge in [-0.1, -0.05) is 41.7 Å². The number of aromatic nitrogens is 3. The van der Waals surface area contributed by atoms with Gasteiger partial charge >= 0.3 is 0 Å². The van der Waals surface area contributed by atoms with Crippen molar-refractivity contribution in [1.29, 1.82) is 0 Å². The van der Waals surface area contributed by atoms with E-state index >= 15 is 0 Å². The Labute approximate surface area is 180 Å². The number of ether oxygens (including phenoxy) is 1. The molecule has 1 saturated heterocycles. The fourth-order valence-electron chi connectivity index (χ4n) is 4.18. The van der Waals surface area contributed by atoms with Gasteiger partial charge in [-0.15, -0.1) is 0 Å². The summed E-state index contributed by atoms with van der Waals surface area (Å²) in [5.74, 6) is 1.66. The van der Waals surface area contributed by atoms with Crippen LogP contribution >= 0.6 is 11.3 Å². The predicted molar refractivity (Wildman–Crippen MR) is 118 cm³/mol. The Kier molecular flexibility index (Phi) is 5.48. The highest BCUT2D eigenvalue weighted by Gasteiger charge is 2.33. The second-order valence-corrected chi connectivity index (χ2v) is 9.17. The van der Waals surface area contributed by atoms with Gasteiger partial charge in [0.05, 0.1) is 23.0 Å². The number of nitrogens with zero attached hydrogens (tertiary/aromatic N) is 4. The molecule has 2 fully saturated rings. The first-order valence-electron chi connectivity index (χ1n) is 10.7. The molecule has 7 heteroatoms. The van der Waals surface area contributed by atoms with Crippen LogP contribution in [0.4, 0.5) is 5.13 Å². The fraction of sp³-hybridized carbons (Fsp3) is 0.478. The molecule has 2 aliphatic rings. The Morgan fingerprint density at radius 2 is 2.00 bits per heavy atom. The molecule has 1 aliphatic heterocycles. The van der Waals surface area contributed by atoms with Crippen LogP contribution in [0.3, 0.4) is 0 Å². The van der Waals surface area contributed by atoms with Crippen LogP contribution in [0.25, 0.3) is 10.3 Å². The summed E-state index contributed by atoms with van der Waals surface area (Å²) in [6, 6.07) is 10.1. The van der Waals surface area contributed by atoms with E-state index in [9.17, 15) is 4.79 Å². The monoisotopic (exact) mass is 422 g/mol. The van der Waals surface area contributed by atoms with Gasteiger partial charge in [0.15, 0.2) is 16.6 Å². The lowest BCUT2D eigenvalue weighted by atomic mass is 10.0. The third kappa shape index (κ3) is 3.96. The molecule has 0 unspecified atom stereocenters. The minimum absolute atomic E-state index is 0.0870. The molecular formula is C23H26N4O2S. The number of aryl methyl sites for hydroxylation is 1. The first-order valence-corrected chi connectivity index (χ1v) is 11.5. The number of anilines is 1. The summed E-state index contributed by atoms with van der Waals surface area (Å²) >= 11 is 1.60. The van der Waals surface area contributed by atoms with Crippen LogP contribution in [0.2, 0.25) is 0 Å². The summed E-state index contributed by atoms with van der Waals surface area (Å²) in [5, 5.41) is 0.889. The summed E-state index contributed by atoms with van der Waals surface area (Å²) in [5.41, 5.74) is 2.88. The molecule has 1 aliphatic carbocycles. The zero-order valence-electron chi connectivity index (χ0n) is 17.2. The Balaban J connectivity index is 1.38. The van der Waals surface area contributed by atoms with E-state index < -0.39 is 0 Å². The fourth-order valence-corrected chi connectivity index (χ4v) is 5.23. The van der Waals surface area contributed by atoms with Gasteiger partial charge in [-0.25, -0.2) is 9.97 Å². The first kappa shape index (κ1) is 19.6. The van der Waals surface area contributed by atoms with E-state index in [4.69, 9.17) is 19.7 Å². The lowest BCUT2D eigenvalue weighted by molar-refractivity contribution is -0.120. The maximum absolute atomic E-state index is 13.0. The summed E-state index contributed by atoms with van der Waals surface area (Å²) in [4.78, 5) is 29.6. The number of thiazole rings is 1. The Bertz CT molecular complexity index is 1050. The van der Waals surface area contributed by atoms with Crippen LogP contribution in [0.15, 0.2) is 30.3 Å². The smallest absolute Gasteiger partial charge is 0.188 e. The quantitative estimate of drug-likeness (QED) is 0.540. The van der Waals surface area contributed by atoms with Gasteiger partial charge in [0.25, 0.3) is 0 Å². The number of Topliss-reactive ketones (excluding diaryl/α,β-unsaturated/α-hetero) is 1. The molecule has 1 aromatic carbocycles. The minimum atomic E-state index is -0.0870. The third-order valence-corrected chi connectivity index (χ3v) is 7.06. The standard InChI is InChI=1S/C23H26N4O2S/c1-29-14-17-20-22(25-21(24-17)16-10-11-16)26-23(30-20)27-13-5-8-18(27)19(28)12-9-15-6-3-2-4-7-15/h2-4,6-7,16,18H,5,8-14H2,1H3/t18-/m1/s1. The van der Waals surface area contributed by atoms with Gasteiger partial charge in [0.2, 0.25) is 0 Å². The molecule has 3 aromatic rings. The Morgan fingerprint density at radius 3 is 2.77 bits per heavy atom. The van der Waals surface area contributed by atoms with Crippen molar-refractivity contribution in [3.8, 4) is 0 Å². The largest absolute Gasteiger partial charge is 0.378 e. The van der Waals surface area contributed by atoms with Crippen molar-refractivity contribution < 1.29 is 9.53 Å². The topological polar surface area (TPSA) is 68.2 Å². The van der Waals surface area contributed by atoms with Gasteiger partial charge in [-0.3, -0.25) is 4.79 Å². The Morgan fingerprint density at radius 1 is 1.17 bits per heavy atom. The number of carbonyl (C=O) groups is 1. The van der Waals surface area contributed by atoms with E-state index in [1.807, 2.05) is 18.2 Å². The van der Waals surface area contributed by atoms with Gasteiger partial charge in [-0.05, 0) is 37.7 Å². The van der Waals surface area contributed by atoms with E-state index in [0.717, 1.165) is 65.6 Å². The average Bonchev–Trinajstić information content (AvgIpc) is 3.34. The van der Waals surface area contributed by atoms with Crippen LogP contribution in [-0.2, 0) is 22.6 Å². The highest BCUT2D eigenvalue weighted by atomic mass is 32.1. The van der Waals surface area contributed by atoms with Crippen molar-refractivity contribution >= 4 is 32.6 Å². The highest BCUT2D eigenvalue weighted by molar-refractivity contribution is 7.22. The molecule has 3 heterocycles. The highest BCUT2D eigenvalue weighted by Crippen LogP contribution is 2.40. The predicted octanol–water partition coefficient (Wildman–Crippen LogP) is 4.28. The molecule has 0 N–H and O–H groups in total.